The van der Waals surface area contributed by atoms with Crippen LogP contribution in [0.25, 0.3) is 22.3 Å². The van der Waals surface area contributed by atoms with Crippen LogP contribution in [0.15, 0.2) is 60.9 Å². The minimum atomic E-state index is 0.0492. The van der Waals surface area contributed by atoms with Crippen LogP contribution in [0, 0.1) is 0 Å². The molecule has 4 heterocycles. The van der Waals surface area contributed by atoms with Crippen LogP contribution in [0.2, 0.25) is 0 Å². The van der Waals surface area contributed by atoms with Crippen molar-refractivity contribution in [3.63, 3.8) is 0 Å². The Balaban J connectivity index is 1.31. The Morgan fingerprint density at radius 3 is 2.54 bits per heavy atom. The number of likely N-dealkylation sites (tertiary alicyclic amines) is 1. The van der Waals surface area contributed by atoms with E-state index in [9.17, 15) is 4.79 Å². The molecule has 7 heteroatoms. The Hall–Kier alpha value is -3.71. The molecule has 0 radical (unpaired) electrons. The van der Waals surface area contributed by atoms with Gasteiger partial charge in [-0.05, 0) is 74.2 Å². The van der Waals surface area contributed by atoms with Gasteiger partial charge in [0.2, 0.25) is 0 Å². The van der Waals surface area contributed by atoms with Gasteiger partial charge in [-0.2, -0.15) is 0 Å². The predicted molar refractivity (Wildman–Crippen MR) is 150 cm³/mol. The van der Waals surface area contributed by atoms with E-state index < -0.39 is 0 Å². The summed E-state index contributed by atoms with van der Waals surface area (Å²) in [5.41, 5.74) is 7.39. The lowest BCUT2D eigenvalue weighted by Crippen LogP contribution is -2.39. The van der Waals surface area contributed by atoms with Crippen molar-refractivity contribution in [3.8, 4) is 11.3 Å². The minimum Gasteiger partial charge on any atom is -0.387 e. The van der Waals surface area contributed by atoms with Gasteiger partial charge >= 0.3 is 0 Å². The lowest BCUT2D eigenvalue weighted by molar-refractivity contribution is 0.0827. The van der Waals surface area contributed by atoms with Crippen LogP contribution in [0.3, 0.4) is 0 Å². The summed E-state index contributed by atoms with van der Waals surface area (Å²) < 4.78 is 2.22. The molecule has 1 N–H and O–H groups in total. The van der Waals surface area contributed by atoms with E-state index in [1.165, 1.54) is 11.3 Å². The third kappa shape index (κ3) is 4.96. The van der Waals surface area contributed by atoms with E-state index in [0.717, 1.165) is 59.5 Å². The highest BCUT2D eigenvalue weighted by molar-refractivity contribution is 5.94. The summed E-state index contributed by atoms with van der Waals surface area (Å²) in [5, 5.41) is 4.27. The second kappa shape index (κ2) is 10.3. The van der Waals surface area contributed by atoms with Gasteiger partial charge in [-0.15, -0.1) is 0 Å². The number of anilines is 1. The van der Waals surface area contributed by atoms with Crippen LogP contribution >= 0.6 is 0 Å². The molecule has 0 aliphatic carbocycles. The maximum absolute atomic E-state index is 12.2. The zero-order valence-corrected chi connectivity index (χ0v) is 22.4. The zero-order chi connectivity index (χ0) is 26.1. The highest BCUT2D eigenvalue weighted by atomic mass is 16.2. The van der Waals surface area contributed by atoms with Gasteiger partial charge in [0.1, 0.15) is 5.65 Å². The monoisotopic (exact) mass is 496 g/mol. The Kier molecular flexibility index (Phi) is 6.98. The van der Waals surface area contributed by atoms with E-state index in [-0.39, 0.29) is 5.91 Å². The normalized spacial score (nSPS) is 18.2. The summed E-state index contributed by atoms with van der Waals surface area (Å²) in [6.07, 6.45) is 5.96. The van der Waals surface area contributed by atoms with Crippen LogP contribution in [0.4, 0.5) is 5.69 Å². The highest BCUT2D eigenvalue weighted by Gasteiger charge is 2.27. The second-order valence-corrected chi connectivity index (χ2v) is 10.3. The van der Waals surface area contributed by atoms with Crippen LogP contribution < -0.4 is 5.32 Å². The van der Waals surface area contributed by atoms with Gasteiger partial charge in [0.15, 0.2) is 0 Å². The SMILES string of the molecule is CNc1ccc(-c2ccnc3c2cc(CN2CC[C@@H](c4ccc(C(=O)N(C)C)cc4)C[C@@H]2C)n3C)nc1. The highest BCUT2D eigenvalue weighted by Crippen LogP contribution is 2.34. The molecule has 0 unspecified atom stereocenters. The first-order valence-corrected chi connectivity index (χ1v) is 13.0. The Morgan fingerprint density at radius 1 is 1.11 bits per heavy atom. The number of carbonyl (C=O) groups excluding carboxylic acids is 1. The standard InChI is InChI=1S/C30H36N6O/c1-20-16-23(21-6-8-22(9-7-21)30(37)34(3)4)13-15-36(20)19-25-17-27-26(12-14-32-29(27)35(25)5)28-11-10-24(31-2)18-33-28/h6-12,14,17-18,20,23,31H,13,15-16,19H2,1-5H3/t20-,23+/m0/s1. The number of pyridine rings is 2. The Morgan fingerprint density at radius 2 is 1.89 bits per heavy atom. The molecule has 1 aliphatic rings. The van der Waals surface area contributed by atoms with Gasteiger partial charge in [0.05, 0.1) is 17.6 Å². The maximum atomic E-state index is 12.2. The van der Waals surface area contributed by atoms with Crippen LogP contribution in [-0.4, -0.2) is 64.0 Å². The number of hydrogen-bond acceptors (Lipinski definition) is 5. The number of aromatic nitrogens is 3. The lowest BCUT2D eigenvalue weighted by atomic mass is 9.85. The first-order valence-electron chi connectivity index (χ1n) is 13.0. The van der Waals surface area contributed by atoms with Crippen molar-refractivity contribution in [3.05, 3.63) is 77.7 Å². The zero-order valence-electron chi connectivity index (χ0n) is 22.4. The van der Waals surface area contributed by atoms with E-state index in [0.29, 0.717) is 12.0 Å². The van der Waals surface area contributed by atoms with Gasteiger partial charge in [-0.1, -0.05) is 12.1 Å². The summed E-state index contributed by atoms with van der Waals surface area (Å²) >= 11 is 0. The number of benzene rings is 1. The van der Waals surface area contributed by atoms with E-state index in [1.54, 1.807) is 19.0 Å². The van der Waals surface area contributed by atoms with Gasteiger partial charge in [0.25, 0.3) is 5.91 Å². The molecular weight excluding hydrogens is 460 g/mol. The number of amides is 1. The van der Waals surface area contributed by atoms with Crippen molar-refractivity contribution in [2.45, 2.75) is 38.3 Å². The number of nitrogens with one attached hydrogen (secondary N) is 1. The largest absolute Gasteiger partial charge is 0.387 e. The number of carbonyl (C=O) groups is 1. The Labute approximate surface area is 219 Å². The summed E-state index contributed by atoms with van der Waals surface area (Å²) in [4.78, 5) is 25.8. The van der Waals surface area contributed by atoms with Gasteiger partial charge in [-0.25, -0.2) is 4.98 Å². The van der Waals surface area contributed by atoms with Gasteiger partial charge in [-0.3, -0.25) is 14.7 Å². The Bertz CT molecular complexity index is 1390. The first-order chi connectivity index (χ1) is 17.9. The fourth-order valence-corrected chi connectivity index (χ4v) is 5.47. The molecule has 1 amide bonds. The molecule has 2 atom stereocenters. The molecule has 0 saturated carbocycles. The first kappa shape index (κ1) is 25.0. The number of piperidine rings is 1. The summed E-state index contributed by atoms with van der Waals surface area (Å²) in [5.74, 6) is 0.565. The molecule has 7 nitrogen and oxygen atoms in total. The third-order valence-corrected chi connectivity index (χ3v) is 7.77. The van der Waals surface area contributed by atoms with Crippen molar-refractivity contribution in [2.75, 3.05) is 33.0 Å². The smallest absolute Gasteiger partial charge is 0.253 e. The molecule has 1 aliphatic heterocycles. The quantitative estimate of drug-likeness (QED) is 0.400. The van der Waals surface area contributed by atoms with Crippen molar-refractivity contribution < 1.29 is 4.79 Å². The minimum absolute atomic E-state index is 0.0492. The maximum Gasteiger partial charge on any atom is 0.253 e. The number of aryl methyl sites for hydroxylation is 1. The van der Waals surface area contributed by atoms with Crippen molar-refractivity contribution in [1.29, 1.82) is 0 Å². The molecule has 192 valence electrons. The molecule has 1 saturated heterocycles. The van der Waals surface area contributed by atoms with Gasteiger partial charge < -0.3 is 14.8 Å². The molecule has 3 aromatic heterocycles. The number of hydrogen-bond donors (Lipinski definition) is 1. The predicted octanol–water partition coefficient (Wildman–Crippen LogP) is 5.15. The molecule has 0 spiro atoms. The summed E-state index contributed by atoms with van der Waals surface area (Å²) in [6, 6.07) is 17.1. The number of nitrogens with zero attached hydrogens (tertiary/aromatic N) is 5. The average Bonchev–Trinajstić information content (AvgIpc) is 3.24. The summed E-state index contributed by atoms with van der Waals surface area (Å²) in [7, 11) is 7.59. The fourth-order valence-electron chi connectivity index (χ4n) is 5.47. The van der Waals surface area contributed by atoms with E-state index in [1.807, 2.05) is 31.6 Å². The average molecular weight is 497 g/mol. The van der Waals surface area contributed by atoms with Crippen molar-refractivity contribution in [1.82, 2.24) is 24.3 Å². The van der Waals surface area contributed by atoms with Crippen LogP contribution in [0.5, 0.6) is 0 Å². The molecule has 1 fully saturated rings. The molecule has 5 rings (SSSR count). The number of fused-ring (bicyclic) bond motifs is 1. The summed E-state index contributed by atoms with van der Waals surface area (Å²) in [6.45, 7) is 4.26. The molecule has 37 heavy (non-hydrogen) atoms. The van der Waals surface area contributed by atoms with Crippen molar-refractivity contribution >= 4 is 22.6 Å². The van der Waals surface area contributed by atoms with Gasteiger partial charge in [0, 0.05) is 69.2 Å². The number of rotatable bonds is 6. The lowest BCUT2D eigenvalue weighted by Gasteiger charge is -2.38. The molecule has 1 aromatic carbocycles. The van der Waals surface area contributed by atoms with E-state index >= 15 is 0 Å². The fraction of sp³-hybridized carbons (Fsp3) is 0.367. The third-order valence-electron chi connectivity index (χ3n) is 7.77. The topological polar surface area (TPSA) is 66.3 Å². The van der Waals surface area contributed by atoms with E-state index in [2.05, 4.69) is 70.1 Å². The van der Waals surface area contributed by atoms with Crippen LogP contribution in [-0.2, 0) is 13.6 Å². The van der Waals surface area contributed by atoms with E-state index in [4.69, 9.17) is 4.98 Å². The second-order valence-electron chi connectivity index (χ2n) is 10.3. The van der Waals surface area contributed by atoms with Crippen LogP contribution in [0.1, 0.15) is 47.3 Å². The molecule has 0 bridgehead atoms. The van der Waals surface area contributed by atoms with Crippen molar-refractivity contribution in [2.24, 2.45) is 7.05 Å². The molecular formula is C30H36N6O. The molecule has 4 aromatic rings.